The summed E-state index contributed by atoms with van der Waals surface area (Å²) in [5.41, 5.74) is 0.535. The summed E-state index contributed by atoms with van der Waals surface area (Å²) in [6, 6.07) is 28.3. The van der Waals surface area contributed by atoms with Gasteiger partial charge < -0.3 is 66.0 Å². The van der Waals surface area contributed by atoms with Crippen molar-refractivity contribution in [1.82, 2.24) is 0 Å². The summed E-state index contributed by atoms with van der Waals surface area (Å²) in [6.07, 6.45) is 9.10. The topological polar surface area (TPSA) is 326 Å². The number of methoxy groups -OCH3 is 1. The minimum atomic E-state index is -0.626. The van der Waals surface area contributed by atoms with Crippen LogP contribution in [-0.4, -0.2) is 179 Å². The van der Waals surface area contributed by atoms with Crippen molar-refractivity contribution in [2.45, 2.75) is 117 Å². The van der Waals surface area contributed by atoms with Crippen LogP contribution in [0.15, 0.2) is 144 Å². The van der Waals surface area contributed by atoms with Gasteiger partial charge in [0.1, 0.15) is 46.1 Å². The van der Waals surface area contributed by atoms with Crippen molar-refractivity contribution in [3.05, 3.63) is 166 Å². The lowest BCUT2D eigenvalue weighted by atomic mass is 10.1. The van der Waals surface area contributed by atoms with E-state index in [1.807, 2.05) is 53.7 Å². The van der Waals surface area contributed by atoms with Gasteiger partial charge in [-0.2, -0.15) is 0 Å². The Morgan fingerprint density at radius 1 is 0.446 bits per heavy atom. The number of aliphatic hydroxyl groups excluding tert-OH is 6. The summed E-state index contributed by atoms with van der Waals surface area (Å²) < 4.78 is 19.8. The molecule has 92 heavy (non-hydrogen) atoms. The highest BCUT2D eigenvalue weighted by Gasteiger charge is 2.18. The third-order valence-corrected chi connectivity index (χ3v) is 13.9. The van der Waals surface area contributed by atoms with E-state index < -0.39 is 33.5 Å². The fourth-order valence-electron chi connectivity index (χ4n) is 5.94. The average Bonchev–Trinajstić information content (AvgIpc) is 2.76. The monoisotopic (exact) mass is 1490 g/mol. The first-order chi connectivity index (χ1) is 42.8. The van der Waals surface area contributed by atoms with Crippen LogP contribution in [0.25, 0.3) is 0 Å². The predicted molar refractivity (Wildman–Crippen MR) is 383 cm³/mol. The molecule has 1 unspecified atom stereocenters. The van der Waals surface area contributed by atoms with Crippen LogP contribution in [0.3, 0.4) is 0 Å². The van der Waals surface area contributed by atoms with Crippen molar-refractivity contribution < 1.29 is 70.4 Å². The van der Waals surface area contributed by atoms with E-state index in [9.17, 15) is 35.0 Å². The van der Waals surface area contributed by atoms with Crippen molar-refractivity contribution >= 4 is 99.0 Å². The van der Waals surface area contributed by atoms with Gasteiger partial charge in [0.2, 0.25) is 0 Å². The number of ether oxygens (including phenoxy) is 1. The first-order valence-electron chi connectivity index (χ1n) is 28.5. The molecule has 0 heterocycles. The Labute approximate surface area is 571 Å². The SMILES string of the molecule is CC(C)(CO)N=Cc1cc(Br)ccc1O.CC(C)(CO)N=Cc1cc(Cl)ccc1O.CC(C)(CO)N=Cc1cc(F)ccc1O.CC(C)(CO)N=Cc1cc(I)ccc1O.CC(C)C(CO)N=Cc1cc(Cl)ccc1O.COc1ccc(O)c(C=NC(C)(C)CO)c1. The Hall–Kier alpha value is -6.58. The third kappa shape index (κ3) is 33.8. The van der Waals surface area contributed by atoms with Gasteiger partial charge in [-0.05, 0) is 207 Å². The molecule has 1 atom stereocenters. The van der Waals surface area contributed by atoms with Gasteiger partial charge >= 0.3 is 0 Å². The summed E-state index contributed by atoms with van der Waals surface area (Å²) >= 11 is 17.1. The number of phenols is 6. The maximum atomic E-state index is 12.8. The number of benzene rings is 6. The van der Waals surface area contributed by atoms with Gasteiger partial charge in [0.05, 0.1) is 80.5 Å². The molecule has 504 valence electrons. The summed E-state index contributed by atoms with van der Waals surface area (Å²) in [7, 11) is 1.56. The van der Waals surface area contributed by atoms with E-state index in [0.717, 1.165) is 8.04 Å². The largest absolute Gasteiger partial charge is 0.507 e. The number of phenolic OH excluding ortho intramolecular Hbond substituents is 6. The summed E-state index contributed by atoms with van der Waals surface area (Å²) in [6.45, 7) is 21.7. The molecule has 19 nitrogen and oxygen atoms in total. The Morgan fingerprint density at radius 2 is 0.750 bits per heavy atom. The first kappa shape index (κ1) is 83.4. The smallest absolute Gasteiger partial charge is 0.124 e. The van der Waals surface area contributed by atoms with Crippen molar-refractivity contribution in [3.63, 3.8) is 0 Å². The van der Waals surface area contributed by atoms with Crippen molar-refractivity contribution in [3.8, 4) is 40.2 Å². The van der Waals surface area contributed by atoms with Gasteiger partial charge in [-0.3, -0.25) is 30.0 Å². The highest BCUT2D eigenvalue weighted by atomic mass is 127. The molecule has 6 rings (SSSR count). The number of aliphatic imine (C=N–C) groups is 6. The molecular formula is C68H89BrCl2FIN6O13. The van der Waals surface area contributed by atoms with E-state index in [4.69, 9.17) is 58.6 Å². The van der Waals surface area contributed by atoms with Gasteiger partial charge in [-0.1, -0.05) is 53.0 Å². The van der Waals surface area contributed by atoms with Gasteiger partial charge in [0.15, 0.2) is 0 Å². The van der Waals surface area contributed by atoms with Crippen molar-refractivity contribution in [2.24, 2.45) is 35.9 Å². The molecule has 0 spiro atoms. The molecule has 0 fully saturated rings. The molecule has 0 saturated heterocycles. The lowest BCUT2D eigenvalue weighted by Gasteiger charge is -2.15. The minimum Gasteiger partial charge on any atom is -0.507 e. The van der Waals surface area contributed by atoms with E-state index in [0.29, 0.717) is 49.2 Å². The van der Waals surface area contributed by atoms with E-state index >= 15 is 0 Å². The molecule has 0 radical (unpaired) electrons. The maximum Gasteiger partial charge on any atom is 0.124 e. The minimum absolute atomic E-state index is 0.00447. The molecule has 6 aromatic carbocycles. The number of halogens is 5. The third-order valence-electron chi connectivity index (χ3n) is 12.2. The number of aromatic hydroxyl groups is 6. The van der Waals surface area contributed by atoms with Gasteiger partial charge in [0.25, 0.3) is 0 Å². The van der Waals surface area contributed by atoms with E-state index in [-0.39, 0.29) is 86.1 Å². The van der Waals surface area contributed by atoms with Crippen LogP contribution in [-0.2, 0) is 0 Å². The summed E-state index contributed by atoms with van der Waals surface area (Å²) in [5, 5.41) is 112. The van der Waals surface area contributed by atoms with Gasteiger partial charge in [0, 0.05) is 88.8 Å². The molecule has 0 bridgehead atoms. The normalized spacial score (nSPS) is 12.4. The second kappa shape index (κ2) is 40.5. The quantitative estimate of drug-likeness (QED) is 0.0250. The van der Waals surface area contributed by atoms with Crippen LogP contribution in [0.5, 0.6) is 40.2 Å². The number of hydrogen-bond acceptors (Lipinski definition) is 19. The molecule has 0 aliphatic rings. The van der Waals surface area contributed by atoms with Crippen LogP contribution in [0.2, 0.25) is 10.0 Å². The first-order valence-corrected chi connectivity index (χ1v) is 31.2. The summed E-state index contributed by atoms with van der Waals surface area (Å²) in [5.74, 6) is 1.21. The Morgan fingerprint density at radius 3 is 1.11 bits per heavy atom. The van der Waals surface area contributed by atoms with E-state index in [1.54, 1.807) is 134 Å². The zero-order valence-electron chi connectivity index (χ0n) is 54.1. The van der Waals surface area contributed by atoms with Crippen LogP contribution in [0.1, 0.15) is 116 Å². The second-order valence-corrected chi connectivity index (χ2v) is 26.9. The van der Waals surface area contributed by atoms with Gasteiger partial charge in [-0.25, -0.2) is 4.39 Å². The Balaban J connectivity index is 0.000000552. The lowest BCUT2D eigenvalue weighted by molar-refractivity contribution is 0.223. The fourth-order valence-corrected chi connectivity index (χ4v) is 7.19. The molecule has 0 aliphatic heterocycles. The van der Waals surface area contributed by atoms with Crippen LogP contribution in [0, 0.1) is 15.3 Å². The van der Waals surface area contributed by atoms with E-state index in [1.165, 1.54) is 49.0 Å². The molecule has 0 aliphatic carbocycles. The standard InChI is InChI=1S/C12H16ClNO2.C12H17NO3.C11H14BrNO2.C11H14ClNO2.C11H14FNO2.C11H14INO2/c1-8(2)11(7-15)14-6-9-5-10(13)3-4-12(9)16;1-12(2,8-14)13-7-9-6-10(16-3)4-5-11(9)15;4*1-11(2,7-14)13-6-8-5-9(12)3-4-10(8)15/h3-6,8,11,15-16H,7H2,1-2H3;4-7,14-15H,8H2,1-3H3;4*3-6,14-15H,7H2,1-2H3. The predicted octanol–water partition coefficient (Wildman–Crippen LogP) is 12.6. The molecular weight excluding hydrogens is 1410 g/mol. The molecule has 0 aromatic heterocycles. The summed E-state index contributed by atoms with van der Waals surface area (Å²) in [4.78, 5) is 25.0. The maximum absolute atomic E-state index is 12.8. The molecule has 6 aromatic rings. The van der Waals surface area contributed by atoms with E-state index in [2.05, 4.69) is 68.5 Å². The van der Waals surface area contributed by atoms with Crippen LogP contribution >= 0.6 is 61.7 Å². The lowest BCUT2D eigenvalue weighted by Crippen LogP contribution is -2.22. The highest BCUT2D eigenvalue weighted by Crippen LogP contribution is 2.26. The second-order valence-electron chi connectivity index (χ2n) is 23.9. The average molecular weight is 1500 g/mol. The fraction of sp³-hybridized carbons (Fsp3) is 0.382. The number of nitrogens with zero attached hydrogens (tertiary/aromatic N) is 6. The van der Waals surface area contributed by atoms with Crippen molar-refractivity contribution in [2.75, 3.05) is 46.8 Å². The molecule has 12 N–H and O–H groups in total. The molecule has 24 heteroatoms. The zero-order chi connectivity index (χ0) is 70.2. The Bertz CT molecular complexity index is 3120. The number of aliphatic hydroxyl groups is 6. The highest BCUT2D eigenvalue weighted by molar-refractivity contribution is 14.1. The van der Waals surface area contributed by atoms with Crippen LogP contribution < -0.4 is 4.74 Å². The van der Waals surface area contributed by atoms with Crippen LogP contribution in [0.4, 0.5) is 4.39 Å². The molecule has 0 saturated carbocycles. The number of hydrogen-bond donors (Lipinski definition) is 12. The Kier molecular flexibility index (Phi) is 36.7. The van der Waals surface area contributed by atoms with Crippen molar-refractivity contribution in [1.29, 1.82) is 0 Å². The molecule has 0 amide bonds. The zero-order valence-corrected chi connectivity index (χ0v) is 59.4. The number of rotatable bonds is 20. The van der Waals surface area contributed by atoms with Gasteiger partial charge in [-0.15, -0.1) is 0 Å².